The summed E-state index contributed by atoms with van der Waals surface area (Å²) in [4.78, 5) is 4.36. The van der Waals surface area contributed by atoms with Gasteiger partial charge >= 0.3 is 6.61 Å². The molecule has 0 fully saturated rings. The maximum absolute atomic E-state index is 12.6. The van der Waals surface area contributed by atoms with Gasteiger partial charge in [0.05, 0.1) is 13.1 Å². The molecule has 1 aromatic carbocycles. The van der Waals surface area contributed by atoms with E-state index in [1.165, 1.54) is 18.2 Å². The number of rotatable bonds is 8. The van der Waals surface area contributed by atoms with Crippen molar-refractivity contribution in [2.45, 2.75) is 39.5 Å². The van der Waals surface area contributed by atoms with Crippen molar-refractivity contribution < 1.29 is 23.0 Å². The third-order valence-corrected chi connectivity index (χ3v) is 4.10. The van der Waals surface area contributed by atoms with E-state index in [-0.39, 0.29) is 42.8 Å². The maximum Gasteiger partial charge on any atom is 0.387 e. The normalized spacial score (nSPS) is 13.6. The Hall–Kier alpha value is -1.59. The molecule has 2 rings (SSSR count). The fourth-order valence-corrected chi connectivity index (χ4v) is 2.65. The molecule has 0 radical (unpaired) electrons. The summed E-state index contributed by atoms with van der Waals surface area (Å²) in [5.74, 6) is 1.53. The van der Waals surface area contributed by atoms with Crippen molar-refractivity contribution in [3.8, 4) is 5.75 Å². The van der Waals surface area contributed by atoms with Crippen LogP contribution in [0.1, 0.15) is 30.9 Å². The molecular weight excluding hydrogens is 519 g/mol. The van der Waals surface area contributed by atoms with E-state index in [2.05, 4.69) is 20.4 Å². The highest BCUT2D eigenvalue weighted by Gasteiger charge is 2.27. The summed E-state index contributed by atoms with van der Waals surface area (Å²) in [6, 6.07) is 7.85. The van der Waals surface area contributed by atoms with Gasteiger partial charge in [-0.3, -0.25) is 0 Å². The lowest BCUT2D eigenvalue weighted by Gasteiger charge is -2.23. The average molecular weight is 544 g/mol. The summed E-state index contributed by atoms with van der Waals surface area (Å²) in [5, 5.41) is 17.1. The Morgan fingerprint density at radius 2 is 2.03 bits per heavy atom. The van der Waals surface area contributed by atoms with Crippen molar-refractivity contribution in [2.75, 3.05) is 13.1 Å². The van der Waals surface area contributed by atoms with Crippen LogP contribution in [0.3, 0.4) is 0 Å². The van der Waals surface area contributed by atoms with Gasteiger partial charge in [0.2, 0.25) is 0 Å². The van der Waals surface area contributed by atoms with Gasteiger partial charge in [-0.2, -0.15) is 8.78 Å². The number of nitrogens with one attached hydrogen (secondary N) is 2. The van der Waals surface area contributed by atoms with E-state index >= 15 is 0 Å². The topological polar surface area (TPSA) is 79.0 Å². The molecule has 3 N–H and O–H groups in total. The first-order valence-electron chi connectivity index (χ1n) is 8.76. The number of aliphatic hydroxyl groups is 1. The summed E-state index contributed by atoms with van der Waals surface area (Å²) < 4.78 is 35.2. The molecule has 1 aromatic heterocycles. The highest BCUT2D eigenvalue weighted by atomic mass is 127. The molecule has 2 aromatic rings. The fourth-order valence-electron chi connectivity index (χ4n) is 2.46. The quantitative estimate of drug-likeness (QED) is 0.261. The number of hydrogen-bond acceptors (Lipinski definition) is 4. The highest BCUT2D eigenvalue weighted by molar-refractivity contribution is 14.0. The van der Waals surface area contributed by atoms with E-state index in [1.807, 2.05) is 6.92 Å². The Morgan fingerprint density at radius 1 is 1.31 bits per heavy atom. The predicted octanol–water partition coefficient (Wildman–Crippen LogP) is 4.42. The van der Waals surface area contributed by atoms with Crippen LogP contribution in [-0.4, -0.2) is 30.8 Å². The number of guanidine groups is 1. The zero-order chi connectivity index (χ0) is 20.7. The van der Waals surface area contributed by atoms with E-state index in [9.17, 15) is 13.9 Å². The van der Waals surface area contributed by atoms with E-state index < -0.39 is 12.2 Å². The molecule has 10 heteroatoms. The van der Waals surface area contributed by atoms with Crippen LogP contribution in [0, 0.1) is 6.92 Å². The minimum atomic E-state index is -2.94. The Kier molecular flexibility index (Phi) is 10.1. The number of nitrogens with zero attached hydrogens (tertiary/aromatic N) is 1. The van der Waals surface area contributed by atoms with Gasteiger partial charge in [-0.15, -0.1) is 24.0 Å². The third kappa shape index (κ3) is 7.98. The van der Waals surface area contributed by atoms with Crippen molar-refractivity contribution in [2.24, 2.45) is 4.99 Å². The Balaban J connectivity index is 0.00000420. The van der Waals surface area contributed by atoms with E-state index in [1.54, 1.807) is 26.0 Å². The molecule has 0 spiro atoms. The van der Waals surface area contributed by atoms with Crippen LogP contribution in [-0.2, 0) is 12.1 Å². The smallest absolute Gasteiger partial charge is 0.387 e. The van der Waals surface area contributed by atoms with E-state index in [4.69, 9.17) is 16.0 Å². The number of furan rings is 1. The first kappa shape index (κ1) is 25.4. The molecule has 0 aliphatic carbocycles. The van der Waals surface area contributed by atoms with Gasteiger partial charge in [-0.05, 0) is 51.1 Å². The molecule has 0 saturated heterocycles. The van der Waals surface area contributed by atoms with E-state index in [0.29, 0.717) is 34.6 Å². The van der Waals surface area contributed by atoms with Gasteiger partial charge < -0.3 is 24.9 Å². The first-order valence-corrected chi connectivity index (χ1v) is 9.13. The molecular formula is C19H25ClF2IN3O3. The Morgan fingerprint density at radius 3 is 2.62 bits per heavy atom. The number of ether oxygens (including phenoxy) is 1. The maximum atomic E-state index is 12.6. The number of aryl methyl sites for hydroxylation is 1. The monoisotopic (exact) mass is 543 g/mol. The van der Waals surface area contributed by atoms with Crippen molar-refractivity contribution in [1.29, 1.82) is 0 Å². The van der Waals surface area contributed by atoms with Gasteiger partial charge in [0.1, 0.15) is 22.9 Å². The lowest BCUT2D eigenvalue weighted by Crippen LogP contribution is -2.44. The molecule has 1 atom stereocenters. The predicted molar refractivity (Wildman–Crippen MR) is 119 cm³/mol. The van der Waals surface area contributed by atoms with Gasteiger partial charge in [0.25, 0.3) is 0 Å². The zero-order valence-electron chi connectivity index (χ0n) is 16.3. The molecule has 29 heavy (non-hydrogen) atoms. The van der Waals surface area contributed by atoms with Gasteiger partial charge in [-0.1, -0.05) is 11.6 Å². The molecule has 1 heterocycles. The number of alkyl halides is 2. The number of aliphatic imine (C=N–C) groups is 1. The average Bonchev–Trinajstić information content (AvgIpc) is 3.06. The minimum absolute atomic E-state index is 0. The van der Waals surface area contributed by atoms with Crippen molar-refractivity contribution in [3.05, 3.63) is 52.4 Å². The van der Waals surface area contributed by atoms with Crippen LogP contribution in [0.25, 0.3) is 0 Å². The largest absolute Gasteiger partial charge is 0.463 e. The number of benzene rings is 1. The summed E-state index contributed by atoms with van der Waals surface area (Å²) in [5.41, 5.74) is -0.844. The molecule has 1 unspecified atom stereocenters. The van der Waals surface area contributed by atoms with Crippen LogP contribution in [0.4, 0.5) is 8.78 Å². The summed E-state index contributed by atoms with van der Waals surface area (Å²) >= 11 is 5.95. The number of halogens is 4. The van der Waals surface area contributed by atoms with Crippen LogP contribution in [0.5, 0.6) is 5.75 Å². The number of hydrogen-bond donors (Lipinski definition) is 3. The first-order chi connectivity index (χ1) is 13.2. The Labute approximate surface area is 190 Å². The molecule has 6 nitrogen and oxygen atoms in total. The van der Waals surface area contributed by atoms with Crippen LogP contribution >= 0.6 is 35.6 Å². The van der Waals surface area contributed by atoms with Crippen molar-refractivity contribution in [3.63, 3.8) is 0 Å². The Bertz CT molecular complexity index is 816. The summed E-state index contributed by atoms with van der Waals surface area (Å²) in [6.07, 6.45) is 0. The van der Waals surface area contributed by atoms with Gasteiger partial charge in [0.15, 0.2) is 5.96 Å². The summed E-state index contributed by atoms with van der Waals surface area (Å²) in [7, 11) is 0. The molecule has 0 aliphatic rings. The summed E-state index contributed by atoms with van der Waals surface area (Å²) in [6.45, 7) is 3.11. The van der Waals surface area contributed by atoms with Crippen molar-refractivity contribution in [1.82, 2.24) is 10.6 Å². The fraction of sp³-hybridized carbons (Fsp3) is 0.421. The molecule has 162 valence electrons. The second kappa shape index (κ2) is 11.6. The lowest BCUT2D eigenvalue weighted by atomic mass is 10.0. The second-order valence-corrected chi connectivity index (χ2v) is 6.80. The lowest BCUT2D eigenvalue weighted by molar-refractivity contribution is -0.0504. The second-order valence-electron chi connectivity index (χ2n) is 6.36. The van der Waals surface area contributed by atoms with Crippen LogP contribution < -0.4 is 15.4 Å². The van der Waals surface area contributed by atoms with Crippen LogP contribution in [0.2, 0.25) is 5.02 Å². The molecule has 0 amide bonds. The molecule has 0 aliphatic heterocycles. The van der Waals surface area contributed by atoms with Gasteiger partial charge in [-0.25, -0.2) is 4.99 Å². The third-order valence-electron chi connectivity index (χ3n) is 3.86. The standard InChI is InChI=1S/C19H24ClF2N3O3.HI/c1-4-23-18(25-11-19(3,26)16-8-5-12(2)27-16)24-10-13-9-14(20)6-7-15(13)28-17(21)22;/h5-9,17,26H,4,10-11H2,1-3H3,(H2,23,24,25);1H. The minimum Gasteiger partial charge on any atom is -0.463 e. The van der Waals surface area contributed by atoms with E-state index in [0.717, 1.165) is 0 Å². The SMILES string of the molecule is CCNC(=NCc1cc(Cl)ccc1OC(F)F)NCC(C)(O)c1ccc(C)o1.I. The van der Waals surface area contributed by atoms with Crippen LogP contribution in [0.15, 0.2) is 39.7 Å². The zero-order valence-corrected chi connectivity index (χ0v) is 19.4. The molecule has 0 bridgehead atoms. The highest BCUT2D eigenvalue weighted by Crippen LogP contribution is 2.25. The van der Waals surface area contributed by atoms with Crippen molar-refractivity contribution >= 4 is 41.5 Å². The molecule has 0 saturated carbocycles. The van der Waals surface area contributed by atoms with Gasteiger partial charge in [0, 0.05) is 17.1 Å².